The SMILES string of the molecule is Cc1noc(CCCOc2ccccc2)n1. The number of para-hydroxylation sites is 1. The lowest BCUT2D eigenvalue weighted by atomic mass is 10.3. The molecule has 1 aromatic heterocycles. The first-order chi connectivity index (χ1) is 7.84. The molecule has 0 radical (unpaired) electrons. The topological polar surface area (TPSA) is 48.2 Å². The Hall–Kier alpha value is -1.84. The van der Waals surface area contributed by atoms with E-state index in [0.29, 0.717) is 18.3 Å². The minimum Gasteiger partial charge on any atom is -0.494 e. The fourth-order valence-electron chi connectivity index (χ4n) is 1.37. The number of nitrogens with zero attached hydrogens (tertiary/aromatic N) is 2. The lowest BCUT2D eigenvalue weighted by Crippen LogP contribution is -1.99. The summed E-state index contributed by atoms with van der Waals surface area (Å²) in [5.41, 5.74) is 0. The molecule has 2 rings (SSSR count). The summed E-state index contributed by atoms with van der Waals surface area (Å²) in [6.07, 6.45) is 1.63. The molecule has 0 amide bonds. The second-order valence-corrected chi connectivity index (χ2v) is 3.50. The molecule has 0 saturated heterocycles. The van der Waals surface area contributed by atoms with E-state index < -0.39 is 0 Å². The van der Waals surface area contributed by atoms with Crippen molar-refractivity contribution in [3.8, 4) is 5.75 Å². The molecule has 2 aromatic rings. The minimum atomic E-state index is 0.658. The Kier molecular flexibility index (Phi) is 3.53. The van der Waals surface area contributed by atoms with E-state index in [0.717, 1.165) is 18.6 Å². The first kappa shape index (κ1) is 10.7. The van der Waals surface area contributed by atoms with Crippen molar-refractivity contribution < 1.29 is 9.26 Å². The second kappa shape index (κ2) is 5.30. The van der Waals surface area contributed by atoms with E-state index in [1.54, 1.807) is 0 Å². The van der Waals surface area contributed by atoms with Crippen LogP contribution in [0.3, 0.4) is 0 Å². The highest BCUT2D eigenvalue weighted by molar-refractivity contribution is 5.20. The van der Waals surface area contributed by atoms with Gasteiger partial charge in [-0.05, 0) is 25.5 Å². The molecule has 0 unspecified atom stereocenters. The Balaban J connectivity index is 1.69. The molecule has 0 N–H and O–H groups in total. The van der Waals surface area contributed by atoms with Gasteiger partial charge in [-0.1, -0.05) is 23.4 Å². The van der Waals surface area contributed by atoms with Crippen LogP contribution in [0.2, 0.25) is 0 Å². The van der Waals surface area contributed by atoms with Crippen LogP contribution in [0.1, 0.15) is 18.1 Å². The maximum atomic E-state index is 5.54. The molecule has 1 heterocycles. The van der Waals surface area contributed by atoms with Crippen molar-refractivity contribution in [1.82, 2.24) is 10.1 Å². The molecule has 0 aliphatic rings. The number of rotatable bonds is 5. The average molecular weight is 218 g/mol. The van der Waals surface area contributed by atoms with Crippen molar-refractivity contribution in [2.45, 2.75) is 19.8 Å². The van der Waals surface area contributed by atoms with Crippen molar-refractivity contribution in [2.75, 3.05) is 6.61 Å². The lowest BCUT2D eigenvalue weighted by molar-refractivity contribution is 0.298. The van der Waals surface area contributed by atoms with Crippen LogP contribution in [0.5, 0.6) is 5.75 Å². The summed E-state index contributed by atoms with van der Waals surface area (Å²) in [5, 5.41) is 3.73. The molecule has 4 nitrogen and oxygen atoms in total. The molecule has 0 bridgehead atoms. The first-order valence-electron chi connectivity index (χ1n) is 5.31. The third-order valence-corrected chi connectivity index (χ3v) is 2.12. The van der Waals surface area contributed by atoms with Crippen molar-refractivity contribution >= 4 is 0 Å². The van der Waals surface area contributed by atoms with Crippen LogP contribution in [0.15, 0.2) is 34.9 Å². The maximum Gasteiger partial charge on any atom is 0.226 e. The first-order valence-corrected chi connectivity index (χ1v) is 5.31. The molecular formula is C12H14N2O2. The largest absolute Gasteiger partial charge is 0.494 e. The molecule has 84 valence electrons. The van der Waals surface area contributed by atoms with Gasteiger partial charge in [-0.25, -0.2) is 0 Å². The normalized spacial score (nSPS) is 10.3. The number of aromatic nitrogens is 2. The lowest BCUT2D eigenvalue weighted by Gasteiger charge is -2.03. The highest BCUT2D eigenvalue weighted by Gasteiger charge is 2.01. The Morgan fingerprint density at radius 3 is 2.75 bits per heavy atom. The molecule has 0 aliphatic carbocycles. The van der Waals surface area contributed by atoms with Crippen LogP contribution < -0.4 is 4.74 Å². The van der Waals surface area contributed by atoms with Gasteiger partial charge in [0, 0.05) is 6.42 Å². The van der Waals surface area contributed by atoms with Crippen LogP contribution in [-0.4, -0.2) is 16.7 Å². The third-order valence-electron chi connectivity index (χ3n) is 2.12. The Bertz CT molecular complexity index is 426. The van der Waals surface area contributed by atoms with Gasteiger partial charge in [0.2, 0.25) is 5.89 Å². The van der Waals surface area contributed by atoms with Gasteiger partial charge in [0.25, 0.3) is 0 Å². The standard InChI is InChI=1S/C12H14N2O2/c1-10-13-12(16-14-10)8-5-9-15-11-6-3-2-4-7-11/h2-4,6-7H,5,8-9H2,1H3. The zero-order chi connectivity index (χ0) is 11.2. The van der Waals surface area contributed by atoms with Gasteiger partial charge in [-0.15, -0.1) is 0 Å². The molecular weight excluding hydrogens is 204 g/mol. The molecule has 16 heavy (non-hydrogen) atoms. The zero-order valence-corrected chi connectivity index (χ0v) is 9.22. The molecule has 1 aromatic carbocycles. The van der Waals surface area contributed by atoms with E-state index in [1.165, 1.54) is 0 Å². The van der Waals surface area contributed by atoms with Gasteiger partial charge in [-0.2, -0.15) is 4.98 Å². The summed E-state index contributed by atoms with van der Waals surface area (Å²) in [5.74, 6) is 2.25. The van der Waals surface area contributed by atoms with Gasteiger partial charge >= 0.3 is 0 Å². The van der Waals surface area contributed by atoms with E-state index in [2.05, 4.69) is 10.1 Å². The summed E-state index contributed by atoms with van der Waals surface area (Å²) in [6.45, 7) is 2.47. The number of ether oxygens (including phenoxy) is 1. The van der Waals surface area contributed by atoms with Crippen molar-refractivity contribution in [3.05, 3.63) is 42.0 Å². The summed E-state index contributed by atoms with van der Waals surface area (Å²) < 4.78 is 10.5. The van der Waals surface area contributed by atoms with Crippen LogP contribution >= 0.6 is 0 Å². The van der Waals surface area contributed by atoms with Crippen LogP contribution in [0.4, 0.5) is 0 Å². The number of hydrogen-bond donors (Lipinski definition) is 0. The molecule has 0 atom stereocenters. The summed E-state index contributed by atoms with van der Waals surface area (Å²) in [7, 11) is 0. The molecule has 0 spiro atoms. The second-order valence-electron chi connectivity index (χ2n) is 3.50. The van der Waals surface area contributed by atoms with E-state index in [-0.39, 0.29) is 0 Å². The van der Waals surface area contributed by atoms with Crippen molar-refractivity contribution in [1.29, 1.82) is 0 Å². The predicted molar refractivity (Wildman–Crippen MR) is 59.3 cm³/mol. The Morgan fingerprint density at radius 2 is 2.06 bits per heavy atom. The van der Waals surface area contributed by atoms with Crippen LogP contribution in [-0.2, 0) is 6.42 Å². The van der Waals surface area contributed by atoms with Crippen LogP contribution in [0, 0.1) is 6.92 Å². The molecule has 4 heteroatoms. The predicted octanol–water partition coefficient (Wildman–Crippen LogP) is 2.39. The fourth-order valence-corrected chi connectivity index (χ4v) is 1.37. The van der Waals surface area contributed by atoms with Crippen LogP contribution in [0.25, 0.3) is 0 Å². The maximum absolute atomic E-state index is 5.54. The molecule has 0 fully saturated rings. The summed E-state index contributed by atoms with van der Waals surface area (Å²) >= 11 is 0. The average Bonchev–Trinajstić information content (AvgIpc) is 2.72. The van der Waals surface area contributed by atoms with Crippen molar-refractivity contribution in [3.63, 3.8) is 0 Å². The van der Waals surface area contributed by atoms with Crippen molar-refractivity contribution in [2.24, 2.45) is 0 Å². The third kappa shape index (κ3) is 3.08. The van der Waals surface area contributed by atoms with Gasteiger partial charge in [0.15, 0.2) is 5.82 Å². The number of hydrogen-bond acceptors (Lipinski definition) is 4. The monoisotopic (exact) mass is 218 g/mol. The van der Waals surface area contributed by atoms with Gasteiger partial charge in [0.1, 0.15) is 5.75 Å². The number of aryl methyl sites for hydroxylation is 2. The Morgan fingerprint density at radius 1 is 1.25 bits per heavy atom. The Labute approximate surface area is 94.2 Å². The van der Waals surface area contributed by atoms with E-state index >= 15 is 0 Å². The van der Waals surface area contributed by atoms with Gasteiger partial charge < -0.3 is 9.26 Å². The highest BCUT2D eigenvalue weighted by Crippen LogP contribution is 2.09. The number of benzene rings is 1. The van der Waals surface area contributed by atoms with Gasteiger partial charge in [-0.3, -0.25) is 0 Å². The smallest absolute Gasteiger partial charge is 0.226 e. The van der Waals surface area contributed by atoms with Gasteiger partial charge in [0.05, 0.1) is 6.61 Å². The zero-order valence-electron chi connectivity index (χ0n) is 9.22. The molecule has 0 aliphatic heterocycles. The molecule has 0 saturated carbocycles. The summed E-state index contributed by atoms with van der Waals surface area (Å²) in [4.78, 5) is 4.12. The quantitative estimate of drug-likeness (QED) is 0.723. The van der Waals surface area contributed by atoms with E-state index in [9.17, 15) is 0 Å². The van der Waals surface area contributed by atoms with E-state index in [1.807, 2.05) is 37.3 Å². The highest BCUT2D eigenvalue weighted by atomic mass is 16.5. The fraction of sp³-hybridized carbons (Fsp3) is 0.333. The minimum absolute atomic E-state index is 0.658. The summed E-state index contributed by atoms with van der Waals surface area (Å²) in [6, 6.07) is 9.76. The van der Waals surface area contributed by atoms with E-state index in [4.69, 9.17) is 9.26 Å².